The van der Waals surface area contributed by atoms with E-state index in [1.807, 2.05) is 79.9 Å². The highest BCUT2D eigenvalue weighted by Gasteiger charge is 2.15. The molecule has 2 aromatic heterocycles. The standard InChI is InChI=1S/C29H22N4O.C2H6.H2/c1-18-11-13-20(14-12-18)27-23-9-5-6-10-24(23)28-31-25-17-21(15-16-26(25)33(28)32-27)30-29(34)22-8-4-3-7-19(22)2;1-2;/h3-17H,1-2H3,(H,30,34);1-2H3;1H. The summed E-state index contributed by atoms with van der Waals surface area (Å²) in [6.45, 7) is 8.01. The van der Waals surface area contributed by atoms with E-state index in [2.05, 4.69) is 48.6 Å². The molecule has 0 aliphatic rings. The molecule has 0 aliphatic carbocycles. The van der Waals surface area contributed by atoms with Crippen molar-refractivity contribution in [2.24, 2.45) is 0 Å². The van der Waals surface area contributed by atoms with Crippen LogP contribution in [-0.2, 0) is 0 Å². The average molecular weight is 475 g/mol. The van der Waals surface area contributed by atoms with Crippen LogP contribution in [0.3, 0.4) is 0 Å². The Hall–Kier alpha value is -4.51. The van der Waals surface area contributed by atoms with Gasteiger partial charge in [-0.3, -0.25) is 4.79 Å². The van der Waals surface area contributed by atoms with E-state index in [0.29, 0.717) is 11.3 Å². The topological polar surface area (TPSA) is 59.3 Å². The van der Waals surface area contributed by atoms with Gasteiger partial charge in [0.25, 0.3) is 5.91 Å². The molecule has 0 atom stereocenters. The molecule has 0 spiro atoms. The maximum Gasteiger partial charge on any atom is 0.255 e. The Kier molecular flexibility index (Phi) is 6.21. The Morgan fingerprint density at radius 3 is 2.28 bits per heavy atom. The van der Waals surface area contributed by atoms with Gasteiger partial charge in [0, 0.05) is 29.0 Å². The first kappa shape index (κ1) is 23.2. The molecule has 0 unspecified atom stereocenters. The SMILES string of the molecule is CC.Cc1ccc(-c2nn3c4ccc(NC(=O)c5ccccc5C)cc4nc3c3ccccc23)cc1.[HH]. The van der Waals surface area contributed by atoms with E-state index in [-0.39, 0.29) is 7.33 Å². The molecule has 4 aromatic carbocycles. The summed E-state index contributed by atoms with van der Waals surface area (Å²) in [4.78, 5) is 17.7. The molecule has 6 rings (SSSR count). The normalized spacial score (nSPS) is 10.9. The van der Waals surface area contributed by atoms with Gasteiger partial charge in [-0.15, -0.1) is 0 Å². The predicted octanol–water partition coefficient (Wildman–Crippen LogP) is 7.84. The molecule has 0 saturated carbocycles. The Morgan fingerprint density at radius 2 is 1.53 bits per heavy atom. The molecular formula is C31H30N4O. The summed E-state index contributed by atoms with van der Waals surface area (Å²) in [7, 11) is 0. The molecular weight excluding hydrogens is 444 g/mol. The van der Waals surface area contributed by atoms with Gasteiger partial charge in [0.15, 0.2) is 5.65 Å². The van der Waals surface area contributed by atoms with Crippen molar-refractivity contribution in [3.8, 4) is 11.3 Å². The van der Waals surface area contributed by atoms with Crippen molar-refractivity contribution in [1.29, 1.82) is 0 Å². The largest absolute Gasteiger partial charge is 0.322 e. The van der Waals surface area contributed by atoms with E-state index < -0.39 is 0 Å². The molecule has 180 valence electrons. The van der Waals surface area contributed by atoms with Crippen LogP contribution >= 0.6 is 0 Å². The first-order valence-corrected chi connectivity index (χ1v) is 12.2. The smallest absolute Gasteiger partial charge is 0.255 e. The highest BCUT2D eigenvalue weighted by Crippen LogP contribution is 2.31. The number of fused-ring (bicyclic) bond motifs is 5. The number of nitrogens with zero attached hydrogens (tertiary/aromatic N) is 3. The first-order chi connectivity index (χ1) is 17.6. The molecule has 0 aliphatic heterocycles. The van der Waals surface area contributed by atoms with Gasteiger partial charge in [0.05, 0.1) is 16.7 Å². The van der Waals surface area contributed by atoms with Crippen molar-refractivity contribution in [3.05, 3.63) is 108 Å². The predicted molar refractivity (Wildman–Crippen MR) is 151 cm³/mol. The van der Waals surface area contributed by atoms with Crippen LogP contribution in [0.25, 0.3) is 38.7 Å². The quantitative estimate of drug-likeness (QED) is 0.284. The fraction of sp³-hybridized carbons (Fsp3) is 0.129. The second-order valence-corrected chi connectivity index (χ2v) is 8.58. The lowest BCUT2D eigenvalue weighted by atomic mass is 10.0. The number of carbonyl (C=O) groups excluding carboxylic acids is 1. The number of imidazole rings is 1. The number of aromatic nitrogens is 3. The van der Waals surface area contributed by atoms with Crippen LogP contribution in [0.2, 0.25) is 0 Å². The van der Waals surface area contributed by atoms with E-state index in [1.165, 1.54) is 5.56 Å². The number of carbonyl (C=O) groups is 1. The number of hydrogen-bond donors (Lipinski definition) is 1. The van der Waals surface area contributed by atoms with Gasteiger partial charge in [0.2, 0.25) is 0 Å². The molecule has 36 heavy (non-hydrogen) atoms. The summed E-state index contributed by atoms with van der Waals surface area (Å²) in [5, 5.41) is 10.1. The third kappa shape index (κ3) is 4.09. The molecule has 0 saturated heterocycles. The second-order valence-electron chi connectivity index (χ2n) is 8.58. The van der Waals surface area contributed by atoms with Gasteiger partial charge >= 0.3 is 0 Å². The zero-order valence-corrected chi connectivity index (χ0v) is 20.9. The summed E-state index contributed by atoms with van der Waals surface area (Å²) < 4.78 is 1.90. The van der Waals surface area contributed by atoms with Crippen LogP contribution in [0.5, 0.6) is 0 Å². The van der Waals surface area contributed by atoms with Crippen LogP contribution in [0.1, 0.15) is 36.8 Å². The maximum absolute atomic E-state index is 12.8. The van der Waals surface area contributed by atoms with Gasteiger partial charge in [-0.2, -0.15) is 5.10 Å². The van der Waals surface area contributed by atoms with Crippen molar-refractivity contribution in [1.82, 2.24) is 14.6 Å². The minimum absolute atomic E-state index is 0. The van der Waals surface area contributed by atoms with Crippen molar-refractivity contribution in [3.63, 3.8) is 0 Å². The molecule has 1 amide bonds. The highest BCUT2D eigenvalue weighted by molar-refractivity contribution is 6.07. The summed E-state index contributed by atoms with van der Waals surface area (Å²) in [6, 6.07) is 30.0. The minimum atomic E-state index is -0.133. The first-order valence-electron chi connectivity index (χ1n) is 12.2. The zero-order valence-electron chi connectivity index (χ0n) is 20.9. The van der Waals surface area contributed by atoms with Crippen LogP contribution in [0, 0.1) is 13.8 Å². The van der Waals surface area contributed by atoms with E-state index in [9.17, 15) is 4.79 Å². The maximum atomic E-state index is 12.8. The van der Waals surface area contributed by atoms with Crippen LogP contribution in [0.15, 0.2) is 91.0 Å². The van der Waals surface area contributed by atoms with Crippen LogP contribution in [-0.4, -0.2) is 20.5 Å². The van der Waals surface area contributed by atoms with Crippen molar-refractivity contribution < 1.29 is 6.22 Å². The van der Waals surface area contributed by atoms with E-state index >= 15 is 0 Å². The Labute approximate surface area is 211 Å². The second kappa shape index (κ2) is 9.62. The van der Waals surface area contributed by atoms with E-state index in [0.717, 1.165) is 44.3 Å². The van der Waals surface area contributed by atoms with Crippen LogP contribution < -0.4 is 5.32 Å². The van der Waals surface area contributed by atoms with E-state index in [1.54, 1.807) is 0 Å². The van der Waals surface area contributed by atoms with Crippen LogP contribution in [0.4, 0.5) is 5.69 Å². The van der Waals surface area contributed by atoms with Gasteiger partial charge in [-0.1, -0.05) is 86.1 Å². The summed E-state index contributed by atoms with van der Waals surface area (Å²) in [5.41, 5.74) is 7.95. The number of amides is 1. The third-order valence-electron chi connectivity index (χ3n) is 6.23. The molecule has 5 nitrogen and oxygen atoms in total. The van der Waals surface area contributed by atoms with Gasteiger partial charge in [-0.05, 0) is 43.7 Å². The zero-order chi connectivity index (χ0) is 25.2. The number of anilines is 1. The van der Waals surface area contributed by atoms with Gasteiger partial charge in [-0.25, -0.2) is 9.50 Å². The van der Waals surface area contributed by atoms with Gasteiger partial charge in [0.1, 0.15) is 0 Å². The lowest BCUT2D eigenvalue weighted by Crippen LogP contribution is -2.13. The Morgan fingerprint density at radius 1 is 0.833 bits per heavy atom. The highest BCUT2D eigenvalue weighted by atomic mass is 16.1. The third-order valence-corrected chi connectivity index (χ3v) is 6.23. The summed E-state index contributed by atoms with van der Waals surface area (Å²) in [5.74, 6) is -0.133. The molecule has 5 heteroatoms. The minimum Gasteiger partial charge on any atom is -0.322 e. The van der Waals surface area contributed by atoms with Crippen molar-refractivity contribution in [2.75, 3.05) is 5.32 Å². The summed E-state index contributed by atoms with van der Waals surface area (Å²) >= 11 is 0. The lowest BCUT2D eigenvalue weighted by molar-refractivity contribution is 0.102. The molecule has 0 bridgehead atoms. The number of aryl methyl sites for hydroxylation is 2. The van der Waals surface area contributed by atoms with Crippen molar-refractivity contribution in [2.45, 2.75) is 27.7 Å². The fourth-order valence-electron chi connectivity index (χ4n) is 4.41. The average Bonchev–Trinajstić information content (AvgIpc) is 3.28. The molecule has 6 aromatic rings. The summed E-state index contributed by atoms with van der Waals surface area (Å²) in [6.07, 6.45) is 0. The lowest BCUT2D eigenvalue weighted by Gasteiger charge is -2.09. The number of hydrogen-bond acceptors (Lipinski definition) is 3. The fourth-order valence-corrected chi connectivity index (χ4v) is 4.41. The van der Waals surface area contributed by atoms with Gasteiger partial charge < -0.3 is 5.32 Å². The number of rotatable bonds is 3. The molecule has 0 fully saturated rings. The van der Waals surface area contributed by atoms with Crippen molar-refractivity contribution >= 4 is 39.0 Å². The number of nitrogens with one attached hydrogen (secondary N) is 1. The molecule has 1 N–H and O–H groups in total. The Bertz CT molecular complexity index is 1720. The Balaban J connectivity index is 0.00000104. The number of benzene rings is 4. The van der Waals surface area contributed by atoms with E-state index in [4.69, 9.17) is 10.1 Å². The monoisotopic (exact) mass is 474 g/mol. The molecule has 2 heterocycles. The molecule has 0 radical (unpaired) electrons.